The van der Waals surface area contributed by atoms with Crippen LogP contribution in [-0.2, 0) is 4.74 Å². The van der Waals surface area contributed by atoms with Crippen LogP contribution in [0.4, 0.5) is 0 Å². The van der Waals surface area contributed by atoms with Gasteiger partial charge in [-0.3, -0.25) is 0 Å². The Morgan fingerprint density at radius 3 is 3.08 bits per heavy atom. The Morgan fingerprint density at radius 2 is 2.42 bits per heavy atom. The second-order valence-corrected chi connectivity index (χ2v) is 2.96. The van der Waals surface area contributed by atoms with Crippen molar-refractivity contribution in [1.29, 1.82) is 0 Å². The minimum atomic E-state index is 0.685. The van der Waals surface area contributed by atoms with E-state index in [1.54, 1.807) is 6.26 Å². The second kappa shape index (κ2) is 4.93. The van der Waals surface area contributed by atoms with Crippen LogP contribution in [0.25, 0.3) is 6.08 Å². The number of pyridine rings is 1. The number of aromatic nitrogens is 1. The Morgan fingerprint density at radius 1 is 1.58 bits per heavy atom. The van der Waals surface area contributed by atoms with Crippen molar-refractivity contribution in [3.05, 3.63) is 34.8 Å². The maximum Gasteiger partial charge on any atom is 0.106 e. The summed E-state index contributed by atoms with van der Waals surface area (Å²) in [4.78, 5) is 4.19. The Kier molecular flexibility index (Phi) is 3.80. The molecule has 0 atom stereocenters. The largest absolute Gasteiger partial charge is 0.501 e. The van der Waals surface area contributed by atoms with E-state index in [4.69, 9.17) is 4.74 Å². The molecule has 0 bridgehead atoms. The highest BCUT2D eigenvalue weighted by molar-refractivity contribution is 9.10. The standard InChI is InChI=1S/C9H10BrNO/c1-2-12-7-6-8-4-3-5-9(10)11-8/h3-7H,2H2,1H3/b7-6+. The molecule has 64 valence electrons. The molecule has 0 N–H and O–H groups in total. The van der Waals surface area contributed by atoms with Crippen LogP contribution in [0.15, 0.2) is 29.1 Å². The third-order valence-electron chi connectivity index (χ3n) is 1.24. The van der Waals surface area contributed by atoms with Gasteiger partial charge in [0.1, 0.15) is 4.60 Å². The molecule has 0 aliphatic carbocycles. The number of ether oxygens (including phenoxy) is 1. The minimum absolute atomic E-state index is 0.685. The number of hydrogen-bond acceptors (Lipinski definition) is 2. The predicted molar refractivity (Wildman–Crippen MR) is 52.6 cm³/mol. The molecular formula is C9H10BrNO. The predicted octanol–water partition coefficient (Wildman–Crippen LogP) is 2.85. The lowest BCUT2D eigenvalue weighted by Crippen LogP contribution is -1.81. The average Bonchev–Trinajstić information content (AvgIpc) is 2.05. The van der Waals surface area contributed by atoms with Gasteiger partial charge in [0, 0.05) is 0 Å². The van der Waals surface area contributed by atoms with E-state index >= 15 is 0 Å². The van der Waals surface area contributed by atoms with Gasteiger partial charge >= 0.3 is 0 Å². The Bertz CT molecular complexity index is 273. The summed E-state index contributed by atoms with van der Waals surface area (Å²) in [6.07, 6.45) is 3.48. The number of rotatable bonds is 3. The van der Waals surface area contributed by atoms with Gasteiger partial charge in [-0.1, -0.05) is 6.07 Å². The maximum absolute atomic E-state index is 5.04. The van der Waals surface area contributed by atoms with Crippen LogP contribution in [0.3, 0.4) is 0 Å². The summed E-state index contributed by atoms with van der Waals surface area (Å²) in [5.41, 5.74) is 0.887. The molecule has 2 nitrogen and oxygen atoms in total. The average molecular weight is 228 g/mol. The topological polar surface area (TPSA) is 22.1 Å². The Balaban J connectivity index is 2.63. The third kappa shape index (κ3) is 3.05. The van der Waals surface area contributed by atoms with Crippen LogP contribution in [0.5, 0.6) is 0 Å². The Labute approximate surface area is 80.4 Å². The van der Waals surface area contributed by atoms with Crippen LogP contribution >= 0.6 is 15.9 Å². The lowest BCUT2D eigenvalue weighted by Gasteiger charge is -1.94. The van der Waals surface area contributed by atoms with E-state index in [2.05, 4.69) is 20.9 Å². The molecule has 12 heavy (non-hydrogen) atoms. The second-order valence-electron chi connectivity index (χ2n) is 2.14. The van der Waals surface area contributed by atoms with Crippen molar-refractivity contribution >= 4 is 22.0 Å². The molecule has 0 aromatic carbocycles. The van der Waals surface area contributed by atoms with Crippen LogP contribution in [0, 0.1) is 0 Å². The number of halogens is 1. The Hall–Kier alpha value is -0.830. The van der Waals surface area contributed by atoms with Gasteiger partial charge in [-0.15, -0.1) is 0 Å². The molecule has 0 amide bonds. The zero-order valence-electron chi connectivity index (χ0n) is 6.83. The van der Waals surface area contributed by atoms with Crippen molar-refractivity contribution in [3.63, 3.8) is 0 Å². The highest BCUT2D eigenvalue weighted by atomic mass is 79.9. The fraction of sp³-hybridized carbons (Fsp3) is 0.222. The SMILES string of the molecule is CCO/C=C/c1cccc(Br)n1. The molecule has 0 unspecified atom stereocenters. The summed E-state index contributed by atoms with van der Waals surface area (Å²) in [6, 6.07) is 5.74. The van der Waals surface area contributed by atoms with Crippen molar-refractivity contribution in [3.8, 4) is 0 Å². The molecule has 0 saturated carbocycles. The first-order valence-electron chi connectivity index (χ1n) is 3.73. The number of nitrogens with zero attached hydrogens (tertiary/aromatic N) is 1. The van der Waals surface area contributed by atoms with E-state index < -0.39 is 0 Å². The molecule has 3 heteroatoms. The van der Waals surface area contributed by atoms with Gasteiger partial charge in [0.15, 0.2) is 0 Å². The molecule has 1 aromatic rings. The minimum Gasteiger partial charge on any atom is -0.501 e. The van der Waals surface area contributed by atoms with Crippen molar-refractivity contribution in [1.82, 2.24) is 4.98 Å². The smallest absolute Gasteiger partial charge is 0.106 e. The summed E-state index contributed by atoms with van der Waals surface area (Å²) in [5, 5.41) is 0. The zero-order chi connectivity index (χ0) is 8.81. The third-order valence-corrected chi connectivity index (χ3v) is 1.68. The van der Waals surface area contributed by atoms with Crippen LogP contribution in [-0.4, -0.2) is 11.6 Å². The van der Waals surface area contributed by atoms with Gasteiger partial charge in [-0.25, -0.2) is 4.98 Å². The summed E-state index contributed by atoms with van der Waals surface area (Å²) in [6.45, 7) is 2.63. The van der Waals surface area contributed by atoms with Gasteiger partial charge in [0.25, 0.3) is 0 Å². The molecule has 1 aromatic heterocycles. The van der Waals surface area contributed by atoms with Gasteiger partial charge in [0.05, 0.1) is 18.6 Å². The van der Waals surface area contributed by atoms with E-state index in [0.717, 1.165) is 10.3 Å². The van der Waals surface area contributed by atoms with E-state index in [1.165, 1.54) is 0 Å². The molecule has 0 radical (unpaired) electrons. The van der Waals surface area contributed by atoms with Gasteiger partial charge in [0.2, 0.25) is 0 Å². The van der Waals surface area contributed by atoms with Gasteiger partial charge in [-0.05, 0) is 41.1 Å². The first-order chi connectivity index (χ1) is 5.83. The molecule has 1 rings (SSSR count). The first-order valence-corrected chi connectivity index (χ1v) is 4.53. The van der Waals surface area contributed by atoms with Crippen molar-refractivity contribution in [2.45, 2.75) is 6.92 Å². The fourth-order valence-electron chi connectivity index (χ4n) is 0.731. The highest BCUT2D eigenvalue weighted by Crippen LogP contribution is 2.07. The maximum atomic E-state index is 5.04. The lowest BCUT2D eigenvalue weighted by molar-refractivity contribution is 0.272. The van der Waals surface area contributed by atoms with Crippen LogP contribution in [0.2, 0.25) is 0 Å². The molecule has 0 aliphatic rings. The molecule has 0 saturated heterocycles. The quantitative estimate of drug-likeness (QED) is 0.586. The zero-order valence-corrected chi connectivity index (χ0v) is 8.41. The molecule has 0 spiro atoms. The first kappa shape index (κ1) is 9.26. The lowest BCUT2D eigenvalue weighted by atomic mass is 10.3. The summed E-state index contributed by atoms with van der Waals surface area (Å²) in [5.74, 6) is 0. The molecular weight excluding hydrogens is 218 g/mol. The number of hydrogen-bond donors (Lipinski definition) is 0. The van der Waals surface area contributed by atoms with Crippen molar-refractivity contribution in [2.75, 3.05) is 6.61 Å². The van der Waals surface area contributed by atoms with Gasteiger partial charge in [-0.2, -0.15) is 0 Å². The fourth-order valence-corrected chi connectivity index (χ4v) is 1.09. The van der Waals surface area contributed by atoms with E-state index in [9.17, 15) is 0 Å². The van der Waals surface area contributed by atoms with Crippen LogP contribution in [0.1, 0.15) is 12.6 Å². The van der Waals surface area contributed by atoms with Crippen molar-refractivity contribution in [2.24, 2.45) is 0 Å². The van der Waals surface area contributed by atoms with E-state index in [0.29, 0.717) is 6.61 Å². The van der Waals surface area contributed by atoms with E-state index in [1.807, 2.05) is 31.2 Å². The summed E-state index contributed by atoms with van der Waals surface area (Å²) >= 11 is 3.29. The monoisotopic (exact) mass is 227 g/mol. The molecule has 0 fully saturated rings. The molecule has 1 heterocycles. The van der Waals surface area contributed by atoms with Crippen molar-refractivity contribution < 1.29 is 4.74 Å². The highest BCUT2D eigenvalue weighted by Gasteiger charge is 1.88. The van der Waals surface area contributed by atoms with Crippen LogP contribution < -0.4 is 0 Å². The van der Waals surface area contributed by atoms with Gasteiger partial charge < -0.3 is 4.74 Å². The molecule has 0 aliphatic heterocycles. The van der Waals surface area contributed by atoms with E-state index in [-0.39, 0.29) is 0 Å². The summed E-state index contributed by atoms with van der Waals surface area (Å²) in [7, 11) is 0. The summed E-state index contributed by atoms with van der Waals surface area (Å²) < 4.78 is 5.88. The normalized spacial score (nSPS) is 10.5.